The predicted octanol–water partition coefficient (Wildman–Crippen LogP) is 3.09. The molecule has 2 rings (SSSR count). The lowest BCUT2D eigenvalue weighted by molar-refractivity contribution is -0.151. The lowest BCUT2D eigenvalue weighted by Gasteiger charge is -2.34. The number of aryl methyl sites for hydroxylation is 1. The number of esters is 1. The zero-order chi connectivity index (χ0) is 14.8. The van der Waals surface area contributed by atoms with Crippen molar-refractivity contribution in [2.75, 3.05) is 6.61 Å². The first-order valence-electron chi connectivity index (χ1n) is 6.98. The van der Waals surface area contributed by atoms with Crippen LogP contribution < -0.4 is 0 Å². The predicted molar refractivity (Wildman–Crippen MR) is 79.2 cm³/mol. The van der Waals surface area contributed by atoms with E-state index in [4.69, 9.17) is 4.74 Å². The van der Waals surface area contributed by atoms with Crippen LogP contribution in [0.5, 0.6) is 0 Å². The summed E-state index contributed by atoms with van der Waals surface area (Å²) in [6.07, 6.45) is 2.36. The second kappa shape index (κ2) is 6.22. The molecule has 5 heteroatoms. The van der Waals surface area contributed by atoms with Crippen LogP contribution in [0.25, 0.3) is 0 Å². The third-order valence-electron chi connectivity index (χ3n) is 3.85. The molecule has 0 aromatic carbocycles. The van der Waals surface area contributed by atoms with E-state index in [1.54, 1.807) is 0 Å². The SMILES string of the molecule is CCOC(=O)C1CCC(O)(c2cc(C)cc(Br)n2)CC1. The molecule has 1 aliphatic carbocycles. The number of carbonyl (C=O) groups is 1. The van der Waals surface area contributed by atoms with E-state index in [-0.39, 0.29) is 11.9 Å². The molecule has 1 saturated carbocycles. The van der Waals surface area contributed by atoms with Crippen molar-refractivity contribution >= 4 is 21.9 Å². The second-order valence-electron chi connectivity index (χ2n) is 5.41. The number of carbonyl (C=O) groups excluding carboxylic acids is 1. The highest BCUT2D eigenvalue weighted by molar-refractivity contribution is 9.10. The van der Waals surface area contributed by atoms with E-state index in [1.807, 2.05) is 26.0 Å². The van der Waals surface area contributed by atoms with Crippen LogP contribution in [-0.2, 0) is 15.1 Å². The first-order valence-corrected chi connectivity index (χ1v) is 7.77. The summed E-state index contributed by atoms with van der Waals surface area (Å²) < 4.78 is 5.78. The Morgan fingerprint density at radius 3 is 2.70 bits per heavy atom. The monoisotopic (exact) mass is 341 g/mol. The van der Waals surface area contributed by atoms with Crippen molar-refractivity contribution < 1.29 is 14.6 Å². The van der Waals surface area contributed by atoms with Gasteiger partial charge >= 0.3 is 5.97 Å². The lowest BCUT2D eigenvalue weighted by atomic mass is 9.77. The quantitative estimate of drug-likeness (QED) is 0.677. The zero-order valence-electron chi connectivity index (χ0n) is 11.9. The van der Waals surface area contributed by atoms with Crippen LogP contribution in [0.1, 0.15) is 43.9 Å². The van der Waals surface area contributed by atoms with E-state index in [9.17, 15) is 9.90 Å². The van der Waals surface area contributed by atoms with Crippen molar-refractivity contribution in [1.82, 2.24) is 4.98 Å². The maximum Gasteiger partial charge on any atom is 0.308 e. The van der Waals surface area contributed by atoms with Crippen LogP contribution >= 0.6 is 15.9 Å². The second-order valence-corrected chi connectivity index (χ2v) is 6.22. The van der Waals surface area contributed by atoms with Gasteiger partial charge in [-0.25, -0.2) is 4.98 Å². The Morgan fingerprint density at radius 2 is 2.15 bits per heavy atom. The Morgan fingerprint density at radius 1 is 1.50 bits per heavy atom. The number of aliphatic hydroxyl groups is 1. The van der Waals surface area contributed by atoms with Gasteiger partial charge in [0.05, 0.1) is 18.2 Å². The summed E-state index contributed by atoms with van der Waals surface area (Å²) >= 11 is 3.36. The third-order valence-corrected chi connectivity index (χ3v) is 4.25. The van der Waals surface area contributed by atoms with E-state index < -0.39 is 5.60 Å². The Bertz CT molecular complexity index is 476. The van der Waals surface area contributed by atoms with Crippen LogP contribution in [0.15, 0.2) is 16.7 Å². The molecule has 0 aliphatic heterocycles. The fourth-order valence-corrected chi connectivity index (χ4v) is 3.26. The third kappa shape index (κ3) is 3.38. The van der Waals surface area contributed by atoms with Gasteiger partial charge in [0.1, 0.15) is 10.2 Å². The summed E-state index contributed by atoms with van der Waals surface area (Å²) in [6.45, 7) is 4.20. The summed E-state index contributed by atoms with van der Waals surface area (Å²) in [5.41, 5.74) is 0.812. The number of rotatable bonds is 3. The molecule has 4 nitrogen and oxygen atoms in total. The number of pyridine rings is 1. The van der Waals surface area contributed by atoms with Crippen LogP contribution in [0, 0.1) is 12.8 Å². The van der Waals surface area contributed by atoms with Gasteiger partial charge in [-0.15, -0.1) is 0 Å². The maximum atomic E-state index is 11.7. The molecule has 0 radical (unpaired) electrons. The minimum atomic E-state index is -0.933. The molecule has 0 amide bonds. The maximum absolute atomic E-state index is 11.7. The standard InChI is InChI=1S/C15H20BrNO3/c1-3-20-14(18)11-4-6-15(19,7-5-11)12-8-10(2)9-13(16)17-12/h8-9,11,19H,3-7H2,1-2H3. The van der Waals surface area contributed by atoms with E-state index >= 15 is 0 Å². The molecule has 110 valence electrons. The minimum absolute atomic E-state index is 0.0940. The molecule has 1 aromatic rings. The van der Waals surface area contributed by atoms with Gasteiger partial charge in [-0.2, -0.15) is 0 Å². The van der Waals surface area contributed by atoms with Gasteiger partial charge in [0, 0.05) is 0 Å². The van der Waals surface area contributed by atoms with Crippen molar-refractivity contribution in [3.8, 4) is 0 Å². The Kier molecular flexibility index (Phi) is 4.81. The largest absolute Gasteiger partial charge is 0.466 e. The highest BCUT2D eigenvalue weighted by Crippen LogP contribution is 2.39. The highest BCUT2D eigenvalue weighted by atomic mass is 79.9. The fraction of sp³-hybridized carbons (Fsp3) is 0.600. The van der Waals surface area contributed by atoms with Crippen molar-refractivity contribution in [2.24, 2.45) is 5.92 Å². The van der Waals surface area contributed by atoms with Crippen molar-refractivity contribution in [3.05, 3.63) is 28.0 Å². The molecule has 1 heterocycles. The molecule has 1 fully saturated rings. The molecule has 1 N–H and O–H groups in total. The number of ether oxygens (including phenoxy) is 1. The molecule has 0 atom stereocenters. The van der Waals surface area contributed by atoms with Gasteiger partial charge in [0.25, 0.3) is 0 Å². The van der Waals surface area contributed by atoms with Crippen molar-refractivity contribution in [2.45, 2.75) is 45.1 Å². The van der Waals surface area contributed by atoms with Gasteiger partial charge in [-0.1, -0.05) is 0 Å². The Hall–Kier alpha value is -0.940. The van der Waals surface area contributed by atoms with Crippen LogP contribution in [-0.4, -0.2) is 22.7 Å². The summed E-state index contributed by atoms with van der Waals surface area (Å²) in [7, 11) is 0. The first-order chi connectivity index (χ1) is 9.44. The summed E-state index contributed by atoms with van der Waals surface area (Å²) in [4.78, 5) is 16.1. The average Bonchev–Trinajstić information content (AvgIpc) is 2.38. The van der Waals surface area contributed by atoms with Crippen LogP contribution in [0.2, 0.25) is 0 Å². The lowest BCUT2D eigenvalue weighted by Crippen LogP contribution is -2.35. The normalized spacial score (nSPS) is 26.3. The summed E-state index contributed by atoms with van der Waals surface area (Å²) in [5, 5.41) is 10.8. The molecular formula is C15H20BrNO3. The minimum Gasteiger partial charge on any atom is -0.466 e. The highest BCUT2D eigenvalue weighted by Gasteiger charge is 2.38. The van der Waals surface area contributed by atoms with E-state index in [0.29, 0.717) is 38.0 Å². The number of nitrogens with zero attached hydrogens (tertiary/aromatic N) is 1. The van der Waals surface area contributed by atoms with Crippen molar-refractivity contribution in [3.63, 3.8) is 0 Å². The average molecular weight is 342 g/mol. The fourth-order valence-electron chi connectivity index (χ4n) is 2.71. The van der Waals surface area contributed by atoms with Crippen LogP contribution in [0.3, 0.4) is 0 Å². The summed E-state index contributed by atoms with van der Waals surface area (Å²) in [5.74, 6) is -0.239. The molecule has 0 spiro atoms. The number of hydrogen-bond donors (Lipinski definition) is 1. The van der Waals surface area contributed by atoms with Gasteiger partial charge in [0.15, 0.2) is 0 Å². The topological polar surface area (TPSA) is 59.4 Å². The van der Waals surface area contributed by atoms with Gasteiger partial charge in [0.2, 0.25) is 0 Å². The zero-order valence-corrected chi connectivity index (χ0v) is 13.4. The Labute approximate surface area is 127 Å². The number of halogens is 1. The molecule has 0 bridgehead atoms. The summed E-state index contributed by atoms with van der Waals surface area (Å²) in [6, 6.07) is 3.83. The van der Waals surface area contributed by atoms with Gasteiger partial charge in [-0.05, 0) is 73.2 Å². The number of aromatic nitrogens is 1. The van der Waals surface area contributed by atoms with E-state index in [2.05, 4.69) is 20.9 Å². The van der Waals surface area contributed by atoms with Gasteiger partial charge < -0.3 is 9.84 Å². The first kappa shape index (κ1) is 15.4. The van der Waals surface area contributed by atoms with E-state index in [1.165, 1.54) is 0 Å². The smallest absolute Gasteiger partial charge is 0.308 e. The Balaban J connectivity index is 2.09. The van der Waals surface area contributed by atoms with Crippen LogP contribution in [0.4, 0.5) is 0 Å². The van der Waals surface area contributed by atoms with E-state index in [0.717, 1.165) is 10.2 Å². The molecule has 0 unspecified atom stereocenters. The number of hydrogen-bond acceptors (Lipinski definition) is 4. The molecule has 1 aromatic heterocycles. The molecule has 1 aliphatic rings. The molecular weight excluding hydrogens is 322 g/mol. The van der Waals surface area contributed by atoms with Crippen molar-refractivity contribution in [1.29, 1.82) is 0 Å². The molecule has 20 heavy (non-hydrogen) atoms. The molecule has 0 saturated heterocycles. The van der Waals surface area contributed by atoms with Gasteiger partial charge in [-0.3, -0.25) is 4.79 Å².